The Morgan fingerprint density at radius 3 is 2.65 bits per heavy atom. The number of fused-ring (bicyclic) bond motifs is 1. The molecular weight excluding hydrogens is 346 g/mol. The predicted molar refractivity (Wildman–Crippen MR) is 102 cm³/mol. The number of hydrogen-bond donors (Lipinski definition) is 0. The van der Waals surface area contributed by atoms with Crippen LogP contribution in [-0.2, 0) is 6.54 Å². The van der Waals surface area contributed by atoms with Crippen LogP contribution in [0.5, 0.6) is 0 Å². The van der Waals surface area contributed by atoms with Crippen LogP contribution in [0.25, 0.3) is 10.2 Å². The maximum Gasteiger partial charge on any atom is 0.186 e. The molecule has 0 amide bonds. The SMILES string of the molecule is c1ccc2sc(N3CCN(Cc4nnnn4C4CCCC4)CC3)nc2c1. The van der Waals surface area contributed by atoms with E-state index in [1.807, 2.05) is 0 Å². The third kappa shape index (κ3) is 3.07. The van der Waals surface area contributed by atoms with E-state index in [4.69, 9.17) is 4.98 Å². The van der Waals surface area contributed by atoms with Crippen molar-refractivity contribution in [3.05, 3.63) is 30.1 Å². The minimum Gasteiger partial charge on any atom is -0.345 e. The van der Waals surface area contributed by atoms with Crippen LogP contribution in [0.2, 0.25) is 0 Å². The molecule has 1 saturated carbocycles. The fourth-order valence-electron chi connectivity index (χ4n) is 4.04. The third-order valence-corrected chi connectivity index (χ3v) is 6.62. The molecule has 0 atom stereocenters. The fourth-order valence-corrected chi connectivity index (χ4v) is 5.06. The number of hydrogen-bond acceptors (Lipinski definition) is 7. The van der Waals surface area contributed by atoms with E-state index in [1.165, 1.54) is 30.4 Å². The molecule has 0 N–H and O–H groups in total. The maximum atomic E-state index is 4.79. The lowest BCUT2D eigenvalue weighted by atomic mass is 10.2. The van der Waals surface area contributed by atoms with Gasteiger partial charge in [-0.25, -0.2) is 9.67 Å². The summed E-state index contributed by atoms with van der Waals surface area (Å²) < 4.78 is 3.34. The highest BCUT2D eigenvalue weighted by Gasteiger charge is 2.25. The third-order valence-electron chi connectivity index (χ3n) is 5.52. The minimum atomic E-state index is 0.504. The molecule has 2 aliphatic rings. The summed E-state index contributed by atoms with van der Waals surface area (Å²) in [6, 6.07) is 8.88. The highest BCUT2D eigenvalue weighted by molar-refractivity contribution is 7.22. The molecule has 1 aliphatic heterocycles. The van der Waals surface area contributed by atoms with Crippen LogP contribution in [0.4, 0.5) is 5.13 Å². The first-order valence-electron chi connectivity index (χ1n) is 9.46. The Bertz CT molecular complexity index is 841. The van der Waals surface area contributed by atoms with Crippen molar-refractivity contribution >= 4 is 26.7 Å². The number of rotatable bonds is 4. The lowest BCUT2D eigenvalue weighted by molar-refractivity contribution is 0.236. The summed E-state index contributed by atoms with van der Waals surface area (Å²) in [5.41, 5.74) is 1.10. The highest BCUT2D eigenvalue weighted by atomic mass is 32.1. The molecule has 2 fully saturated rings. The molecule has 0 unspecified atom stereocenters. The zero-order valence-electron chi connectivity index (χ0n) is 14.8. The van der Waals surface area contributed by atoms with Gasteiger partial charge in [0.1, 0.15) is 0 Å². The van der Waals surface area contributed by atoms with E-state index in [0.717, 1.165) is 49.2 Å². The molecule has 26 heavy (non-hydrogen) atoms. The molecule has 3 aromatic rings. The van der Waals surface area contributed by atoms with Gasteiger partial charge in [-0.15, -0.1) is 5.10 Å². The molecule has 1 aliphatic carbocycles. The number of anilines is 1. The van der Waals surface area contributed by atoms with Crippen molar-refractivity contribution in [1.29, 1.82) is 0 Å². The van der Waals surface area contributed by atoms with Crippen LogP contribution in [-0.4, -0.2) is 56.3 Å². The first kappa shape index (κ1) is 16.1. The number of benzene rings is 1. The molecule has 136 valence electrons. The Morgan fingerprint density at radius 1 is 1.04 bits per heavy atom. The van der Waals surface area contributed by atoms with E-state index in [1.54, 1.807) is 11.3 Å². The fraction of sp³-hybridized carbons (Fsp3) is 0.556. The smallest absolute Gasteiger partial charge is 0.186 e. The molecule has 5 rings (SSSR count). The van der Waals surface area contributed by atoms with Crippen LogP contribution in [0.3, 0.4) is 0 Å². The second-order valence-corrected chi connectivity index (χ2v) is 8.21. The van der Waals surface area contributed by atoms with Crippen molar-refractivity contribution in [1.82, 2.24) is 30.1 Å². The number of thiazole rings is 1. The Labute approximate surface area is 156 Å². The van der Waals surface area contributed by atoms with Gasteiger partial charge in [0, 0.05) is 26.2 Å². The van der Waals surface area contributed by atoms with Gasteiger partial charge >= 0.3 is 0 Å². The van der Waals surface area contributed by atoms with Gasteiger partial charge in [-0.3, -0.25) is 4.90 Å². The van der Waals surface area contributed by atoms with Crippen molar-refractivity contribution in [3.63, 3.8) is 0 Å². The van der Waals surface area contributed by atoms with Gasteiger partial charge in [-0.05, 0) is 35.4 Å². The van der Waals surface area contributed by atoms with E-state index in [0.29, 0.717) is 6.04 Å². The van der Waals surface area contributed by atoms with Gasteiger partial charge in [0.15, 0.2) is 11.0 Å². The first-order valence-corrected chi connectivity index (χ1v) is 10.3. The largest absolute Gasteiger partial charge is 0.345 e. The highest BCUT2D eigenvalue weighted by Crippen LogP contribution is 2.30. The summed E-state index contributed by atoms with van der Waals surface area (Å²) in [6.07, 6.45) is 5.02. The molecule has 7 nitrogen and oxygen atoms in total. The lowest BCUT2D eigenvalue weighted by Gasteiger charge is -2.34. The summed E-state index contributed by atoms with van der Waals surface area (Å²) >= 11 is 1.79. The molecule has 2 aromatic heterocycles. The molecule has 1 saturated heterocycles. The van der Waals surface area contributed by atoms with E-state index in [-0.39, 0.29) is 0 Å². The van der Waals surface area contributed by atoms with Crippen molar-refractivity contribution < 1.29 is 0 Å². The monoisotopic (exact) mass is 369 g/mol. The van der Waals surface area contributed by atoms with Crippen molar-refractivity contribution in [2.45, 2.75) is 38.3 Å². The van der Waals surface area contributed by atoms with Crippen LogP contribution < -0.4 is 4.90 Å². The van der Waals surface area contributed by atoms with E-state index in [2.05, 4.69) is 54.3 Å². The van der Waals surface area contributed by atoms with Crippen LogP contribution in [0.1, 0.15) is 37.5 Å². The van der Waals surface area contributed by atoms with Crippen molar-refractivity contribution in [3.8, 4) is 0 Å². The zero-order valence-corrected chi connectivity index (χ0v) is 15.6. The Hall–Kier alpha value is -2.06. The van der Waals surface area contributed by atoms with Crippen LogP contribution >= 0.6 is 11.3 Å². The standard InChI is InChI=1S/C18H23N7S/c1-2-6-14(5-1)25-17(20-21-22-25)13-23-9-11-24(12-10-23)18-19-15-7-3-4-8-16(15)26-18/h3-4,7-8,14H,1-2,5-6,9-13H2. The van der Waals surface area contributed by atoms with Crippen LogP contribution in [0, 0.1) is 0 Å². The van der Waals surface area contributed by atoms with Gasteiger partial charge in [0.25, 0.3) is 0 Å². The molecule has 0 spiro atoms. The predicted octanol–water partition coefficient (Wildman–Crippen LogP) is 2.72. The van der Waals surface area contributed by atoms with Crippen LogP contribution in [0.15, 0.2) is 24.3 Å². The van der Waals surface area contributed by atoms with Gasteiger partial charge < -0.3 is 4.90 Å². The van der Waals surface area contributed by atoms with Gasteiger partial charge in [-0.2, -0.15) is 0 Å². The maximum absolute atomic E-state index is 4.79. The Balaban J connectivity index is 1.23. The zero-order chi connectivity index (χ0) is 17.3. The second-order valence-electron chi connectivity index (χ2n) is 7.21. The normalized spacial score (nSPS) is 19.6. The topological polar surface area (TPSA) is 63.0 Å². The van der Waals surface area contributed by atoms with E-state index >= 15 is 0 Å². The molecule has 0 bridgehead atoms. The van der Waals surface area contributed by atoms with E-state index < -0.39 is 0 Å². The van der Waals surface area contributed by atoms with Crippen molar-refractivity contribution in [2.75, 3.05) is 31.1 Å². The number of tetrazole rings is 1. The molecule has 1 aromatic carbocycles. The average Bonchev–Trinajstić information content (AvgIpc) is 3.42. The summed E-state index contributed by atoms with van der Waals surface area (Å²) in [7, 11) is 0. The molecular formula is C18H23N7S. The van der Waals surface area contributed by atoms with E-state index in [9.17, 15) is 0 Å². The molecule has 8 heteroatoms. The Morgan fingerprint density at radius 2 is 1.85 bits per heavy atom. The first-order chi connectivity index (χ1) is 12.9. The van der Waals surface area contributed by atoms with Gasteiger partial charge in [0.05, 0.1) is 22.8 Å². The van der Waals surface area contributed by atoms with Gasteiger partial charge in [0.2, 0.25) is 0 Å². The number of para-hydroxylation sites is 1. The summed E-state index contributed by atoms with van der Waals surface area (Å²) in [4.78, 5) is 9.66. The number of nitrogens with zero attached hydrogens (tertiary/aromatic N) is 7. The van der Waals surface area contributed by atoms with Crippen molar-refractivity contribution in [2.24, 2.45) is 0 Å². The molecule has 0 radical (unpaired) electrons. The molecule has 3 heterocycles. The Kier molecular flexibility index (Phi) is 4.30. The quantitative estimate of drug-likeness (QED) is 0.705. The van der Waals surface area contributed by atoms with Gasteiger partial charge in [-0.1, -0.05) is 36.3 Å². The number of piperazine rings is 1. The summed E-state index contributed by atoms with van der Waals surface area (Å²) in [6.45, 7) is 4.90. The second kappa shape index (κ2) is 6.92. The summed E-state index contributed by atoms with van der Waals surface area (Å²) in [5, 5.41) is 13.6. The lowest BCUT2D eigenvalue weighted by Crippen LogP contribution is -2.46. The summed E-state index contributed by atoms with van der Waals surface area (Å²) in [5.74, 6) is 1.02. The average molecular weight is 369 g/mol. The minimum absolute atomic E-state index is 0.504. The number of aromatic nitrogens is 5.